The molecule has 0 aromatic heterocycles. The predicted molar refractivity (Wildman–Crippen MR) is 127 cm³/mol. The molecule has 0 fully saturated rings. The summed E-state index contributed by atoms with van der Waals surface area (Å²) >= 11 is 0. The van der Waals surface area contributed by atoms with Crippen molar-refractivity contribution in [1.82, 2.24) is 0 Å². The van der Waals surface area contributed by atoms with Crippen molar-refractivity contribution < 1.29 is 12.4 Å². The van der Waals surface area contributed by atoms with Gasteiger partial charge in [0, 0.05) is 23.0 Å². The van der Waals surface area contributed by atoms with Crippen molar-refractivity contribution in [2.24, 2.45) is 9.98 Å². The summed E-state index contributed by atoms with van der Waals surface area (Å²) in [7, 11) is 0. The van der Waals surface area contributed by atoms with E-state index in [1.54, 1.807) is 0 Å². The standard InChI is InChI=1S/C27H35N2.ClH/c1-16(2)20-11-9-12-21(17(3)4)25(20)24-15-28-27(29-24)26-22(18(5)6)13-10-14-23(26)19(7)8;/h9-19H,1-8H3;1H/q+1;/p-1. The molecule has 0 bridgehead atoms. The average Bonchev–Trinajstić information content (AvgIpc) is 3.15. The minimum atomic E-state index is 0. The van der Waals surface area contributed by atoms with Gasteiger partial charge in [-0.1, -0.05) is 73.6 Å². The van der Waals surface area contributed by atoms with E-state index in [9.17, 15) is 0 Å². The van der Waals surface area contributed by atoms with E-state index in [4.69, 9.17) is 9.98 Å². The zero-order valence-electron chi connectivity index (χ0n) is 19.6. The molecule has 2 nitrogen and oxygen atoms in total. The van der Waals surface area contributed by atoms with Gasteiger partial charge in [-0.15, -0.1) is 9.98 Å². The molecule has 0 amide bonds. The van der Waals surface area contributed by atoms with Crippen LogP contribution in [0.2, 0.25) is 0 Å². The second-order valence-electron chi connectivity index (χ2n) is 9.32. The predicted octanol–water partition coefficient (Wildman–Crippen LogP) is 4.60. The van der Waals surface area contributed by atoms with E-state index in [1.165, 1.54) is 33.4 Å². The Morgan fingerprint density at radius 3 is 1.43 bits per heavy atom. The highest BCUT2D eigenvalue weighted by atomic mass is 35.5. The molecule has 1 heterocycles. The summed E-state index contributed by atoms with van der Waals surface area (Å²) in [6.45, 7) is 18.0. The van der Waals surface area contributed by atoms with Crippen LogP contribution in [0.4, 0.5) is 0 Å². The average molecular weight is 423 g/mol. The Morgan fingerprint density at radius 1 is 0.633 bits per heavy atom. The number of rotatable bonds is 6. The van der Waals surface area contributed by atoms with Crippen LogP contribution in [0.15, 0.2) is 46.4 Å². The van der Waals surface area contributed by atoms with E-state index in [1.807, 2.05) is 6.21 Å². The number of halogens is 1. The Balaban J connectivity index is 0.00000320. The third-order valence-electron chi connectivity index (χ3n) is 5.76. The first-order chi connectivity index (χ1) is 13.7. The van der Waals surface area contributed by atoms with Crippen molar-refractivity contribution in [3.8, 4) is 0 Å². The van der Waals surface area contributed by atoms with Crippen molar-refractivity contribution in [1.29, 1.82) is 0 Å². The number of hydrogen-bond donors (Lipinski definition) is 0. The first-order valence-corrected chi connectivity index (χ1v) is 11.0. The molecule has 0 unspecified atom stereocenters. The number of aliphatic imine (C=N–C) groups is 2. The van der Waals surface area contributed by atoms with E-state index >= 15 is 0 Å². The summed E-state index contributed by atoms with van der Waals surface area (Å²) in [5.74, 6) is 1.75. The molecule has 3 rings (SSSR count). The van der Waals surface area contributed by atoms with E-state index in [-0.39, 0.29) is 12.4 Å². The molecule has 3 heteroatoms. The monoisotopic (exact) mass is 422 g/mol. The Hall–Kier alpha value is -2.06. The second kappa shape index (κ2) is 9.83. The molecule has 30 heavy (non-hydrogen) atoms. The minimum Gasteiger partial charge on any atom is -1.00 e. The summed E-state index contributed by atoms with van der Waals surface area (Å²) in [6.07, 6.45) is 2.84. The van der Waals surface area contributed by atoms with Crippen LogP contribution < -0.4 is 12.4 Å². The lowest BCUT2D eigenvalue weighted by atomic mass is 9.86. The van der Waals surface area contributed by atoms with Crippen LogP contribution in [0.1, 0.15) is 112 Å². The highest BCUT2D eigenvalue weighted by Crippen LogP contribution is 2.37. The Morgan fingerprint density at radius 2 is 1.03 bits per heavy atom. The normalized spacial score (nSPS) is 13.6. The molecule has 2 aromatic rings. The highest BCUT2D eigenvalue weighted by molar-refractivity contribution is 6.40. The van der Waals surface area contributed by atoms with Crippen molar-refractivity contribution in [2.45, 2.75) is 79.1 Å². The summed E-state index contributed by atoms with van der Waals surface area (Å²) < 4.78 is 0. The lowest BCUT2D eigenvalue weighted by Gasteiger charge is -2.17. The Bertz CT molecular complexity index is 883. The molecule has 160 valence electrons. The van der Waals surface area contributed by atoms with Gasteiger partial charge < -0.3 is 12.4 Å². The zero-order valence-corrected chi connectivity index (χ0v) is 20.4. The summed E-state index contributed by atoms with van der Waals surface area (Å²) in [5.41, 5.74) is 8.85. The SMILES string of the molecule is CC(C)c1cccc(C(C)C)c1C1=N[C+](c2c(C(C)C)cccc2C(C)C)N=C1.[Cl-]. The molecule has 0 atom stereocenters. The van der Waals surface area contributed by atoms with Crippen molar-refractivity contribution in [2.75, 3.05) is 0 Å². The maximum absolute atomic E-state index is 5.11. The molecule has 0 N–H and O–H groups in total. The van der Waals surface area contributed by atoms with Gasteiger partial charge in [0.15, 0.2) is 5.71 Å². The third-order valence-corrected chi connectivity index (χ3v) is 5.76. The Labute approximate surface area is 189 Å². The molecule has 0 radical (unpaired) electrons. The lowest BCUT2D eigenvalue weighted by Crippen LogP contribution is -3.00. The lowest BCUT2D eigenvalue weighted by molar-refractivity contribution is -0.00000649. The van der Waals surface area contributed by atoms with Crippen molar-refractivity contribution in [3.63, 3.8) is 0 Å². The molecular weight excluding hydrogens is 388 g/mol. The van der Waals surface area contributed by atoms with Crippen molar-refractivity contribution in [3.05, 3.63) is 75.9 Å². The van der Waals surface area contributed by atoms with Crippen LogP contribution in [0.25, 0.3) is 0 Å². The number of nitrogens with zero attached hydrogens (tertiary/aromatic N) is 2. The highest BCUT2D eigenvalue weighted by Gasteiger charge is 2.33. The van der Waals surface area contributed by atoms with Crippen LogP contribution in [-0.2, 0) is 0 Å². The van der Waals surface area contributed by atoms with Crippen LogP contribution in [-0.4, -0.2) is 11.9 Å². The molecule has 2 aromatic carbocycles. The van der Waals surface area contributed by atoms with Gasteiger partial charge in [0.25, 0.3) is 0 Å². The summed E-state index contributed by atoms with van der Waals surface area (Å²) in [6, 6.07) is 13.3. The quantitative estimate of drug-likeness (QED) is 0.608. The molecule has 0 spiro atoms. The maximum atomic E-state index is 5.11. The molecule has 1 aliphatic rings. The van der Waals surface area contributed by atoms with Gasteiger partial charge in [-0.25, -0.2) is 0 Å². The molecule has 1 aliphatic heterocycles. The molecule has 0 aliphatic carbocycles. The van der Waals surface area contributed by atoms with Gasteiger partial charge in [-0.05, 0) is 41.2 Å². The summed E-state index contributed by atoms with van der Waals surface area (Å²) in [4.78, 5) is 9.95. The fraction of sp³-hybridized carbons (Fsp3) is 0.444. The topological polar surface area (TPSA) is 24.7 Å². The van der Waals surface area contributed by atoms with Crippen LogP contribution in [0.5, 0.6) is 0 Å². The molecule has 0 saturated carbocycles. The zero-order chi connectivity index (χ0) is 21.3. The van der Waals surface area contributed by atoms with Gasteiger partial charge >= 0.3 is 0 Å². The largest absolute Gasteiger partial charge is 1.00 e. The van der Waals surface area contributed by atoms with E-state index in [2.05, 4.69) is 91.8 Å². The van der Waals surface area contributed by atoms with E-state index in [0.29, 0.717) is 23.7 Å². The van der Waals surface area contributed by atoms with Crippen LogP contribution >= 0.6 is 0 Å². The van der Waals surface area contributed by atoms with Gasteiger partial charge in [0.05, 0.1) is 5.56 Å². The first-order valence-electron chi connectivity index (χ1n) is 11.0. The fourth-order valence-electron chi connectivity index (χ4n) is 4.19. The van der Waals surface area contributed by atoms with Crippen molar-refractivity contribution >= 4 is 11.9 Å². The number of hydrogen-bond acceptors (Lipinski definition) is 2. The second-order valence-corrected chi connectivity index (χ2v) is 9.32. The Kier molecular flexibility index (Phi) is 7.93. The smallest absolute Gasteiger partial charge is 0.244 e. The van der Waals surface area contributed by atoms with Gasteiger partial charge in [-0.2, -0.15) is 0 Å². The van der Waals surface area contributed by atoms with Gasteiger partial charge in [0.1, 0.15) is 11.8 Å². The third kappa shape index (κ3) is 4.64. The van der Waals surface area contributed by atoms with Crippen LogP contribution in [0, 0.1) is 6.17 Å². The number of benzene rings is 2. The fourth-order valence-corrected chi connectivity index (χ4v) is 4.19. The van der Waals surface area contributed by atoms with Gasteiger partial charge in [0.2, 0.25) is 6.17 Å². The minimum absolute atomic E-state index is 0. The molecule has 0 saturated heterocycles. The summed E-state index contributed by atoms with van der Waals surface area (Å²) in [5, 5.41) is 0. The maximum Gasteiger partial charge on any atom is 0.244 e. The molecular formula is C27H35ClN2. The van der Waals surface area contributed by atoms with Gasteiger partial charge in [-0.3, -0.25) is 0 Å². The van der Waals surface area contributed by atoms with E-state index in [0.717, 1.165) is 11.9 Å². The van der Waals surface area contributed by atoms with E-state index < -0.39 is 0 Å². The first kappa shape index (κ1) is 24.2. The van der Waals surface area contributed by atoms with Crippen LogP contribution in [0.3, 0.4) is 0 Å².